The largest absolute Gasteiger partial charge is 0.489 e. The third-order valence-electron chi connectivity index (χ3n) is 5.62. The maximum atomic E-state index is 11.7. The first-order valence-corrected chi connectivity index (χ1v) is 10.3. The van der Waals surface area contributed by atoms with Crippen LogP contribution in [0.15, 0.2) is 79.1 Å². The standard InChI is InChI=1S/C25H26N2O3/c28-25(29)21-11-7-15-27(17-21)24(20-10-6-14-26-16-20)22-12-4-5-13-23(22)30-18-19-8-2-1-3-9-19/h1-6,8-10,12-14,16,21,24H,7,11,15,17-18H2,(H,28,29). The van der Waals surface area contributed by atoms with E-state index in [0.717, 1.165) is 41.8 Å². The summed E-state index contributed by atoms with van der Waals surface area (Å²) >= 11 is 0. The van der Waals surface area contributed by atoms with E-state index in [9.17, 15) is 9.90 Å². The molecular formula is C25H26N2O3. The van der Waals surface area contributed by atoms with Crippen LogP contribution in [0.3, 0.4) is 0 Å². The zero-order valence-electron chi connectivity index (χ0n) is 16.9. The number of pyridine rings is 1. The fourth-order valence-corrected chi connectivity index (χ4v) is 4.14. The summed E-state index contributed by atoms with van der Waals surface area (Å²) in [7, 11) is 0. The number of nitrogens with zero attached hydrogens (tertiary/aromatic N) is 2. The lowest BCUT2D eigenvalue weighted by Gasteiger charge is -2.38. The Hall–Kier alpha value is -3.18. The summed E-state index contributed by atoms with van der Waals surface area (Å²) in [5.41, 5.74) is 3.18. The van der Waals surface area contributed by atoms with Gasteiger partial charge in [0.2, 0.25) is 0 Å². The van der Waals surface area contributed by atoms with Crippen molar-refractivity contribution in [3.8, 4) is 5.75 Å². The van der Waals surface area contributed by atoms with Crippen molar-refractivity contribution in [2.24, 2.45) is 5.92 Å². The first kappa shape index (κ1) is 20.1. The lowest BCUT2D eigenvalue weighted by molar-refractivity contribution is -0.143. The Kier molecular flexibility index (Phi) is 6.40. The highest BCUT2D eigenvalue weighted by atomic mass is 16.5. The molecule has 1 saturated heterocycles. The predicted octanol–water partition coefficient (Wildman–Crippen LogP) is 4.55. The van der Waals surface area contributed by atoms with Gasteiger partial charge in [0.25, 0.3) is 0 Å². The van der Waals surface area contributed by atoms with Gasteiger partial charge in [-0.2, -0.15) is 0 Å². The zero-order chi connectivity index (χ0) is 20.8. The Morgan fingerprint density at radius 2 is 1.90 bits per heavy atom. The molecule has 0 saturated carbocycles. The molecule has 30 heavy (non-hydrogen) atoms. The van der Waals surface area contributed by atoms with Gasteiger partial charge in [-0.25, -0.2) is 0 Å². The fraction of sp³-hybridized carbons (Fsp3) is 0.280. The van der Waals surface area contributed by atoms with Crippen molar-refractivity contribution < 1.29 is 14.6 Å². The van der Waals surface area contributed by atoms with E-state index < -0.39 is 5.97 Å². The summed E-state index contributed by atoms with van der Waals surface area (Å²) in [5.74, 6) is -0.263. The Bertz CT molecular complexity index is 962. The van der Waals surface area contributed by atoms with Crippen LogP contribution in [0.4, 0.5) is 0 Å². The summed E-state index contributed by atoms with van der Waals surface area (Å²) in [4.78, 5) is 18.2. The van der Waals surface area contributed by atoms with Gasteiger partial charge >= 0.3 is 5.97 Å². The van der Waals surface area contributed by atoms with Crippen LogP contribution >= 0.6 is 0 Å². The van der Waals surface area contributed by atoms with Crippen molar-refractivity contribution in [2.45, 2.75) is 25.5 Å². The molecule has 0 spiro atoms. The first-order valence-electron chi connectivity index (χ1n) is 10.3. The lowest BCUT2D eigenvalue weighted by Crippen LogP contribution is -2.41. The molecule has 0 aliphatic carbocycles. The van der Waals surface area contributed by atoms with Gasteiger partial charge in [0.1, 0.15) is 12.4 Å². The van der Waals surface area contributed by atoms with Crippen molar-refractivity contribution in [3.05, 3.63) is 95.8 Å². The third-order valence-corrected chi connectivity index (χ3v) is 5.62. The number of aromatic nitrogens is 1. The number of ether oxygens (including phenoxy) is 1. The number of rotatable bonds is 7. The molecule has 5 nitrogen and oxygen atoms in total. The van der Waals surface area contributed by atoms with Crippen LogP contribution in [-0.2, 0) is 11.4 Å². The molecule has 1 aliphatic heterocycles. The highest BCUT2D eigenvalue weighted by Crippen LogP contribution is 2.37. The number of carbonyl (C=O) groups is 1. The molecule has 2 atom stereocenters. The number of carboxylic acid groups (broad SMARTS) is 1. The van der Waals surface area contributed by atoms with Crippen LogP contribution in [0.5, 0.6) is 5.75 Å². The van der Waals surface area contributed by atoms with E-state index in [4.69, 9.17) is 4.74 Å². The Labute approximate surface area is 177 Å². The number of hydrogen-bond donors (Lipinski definition) is 1. The van der Waals surface area contributed by atoms with E-state index in [-0.39, 0.29) is 12.0 Å². The molecule has 3 aromatic rings. The normalized spacial score (nSPS) is 17.9. The molecule has 1 aromatic heterocycles. The SMILES string of the molecule is O=C(O)C1CCCN(C(c2cccnc2)c2ccccc2OCc2ccccc2)C1. The van der Waals surface area contributed by atoms with Crippen LogP contribution in [0.2, 0.25) is 0 Å². The molecule has 2 unspecified atom stereocenters. The molecule has 0 radical (unpaired) electrons. The van der Waals surface area contributed by atoms with Gasteiger partial charge in [-0.1, -0.05) is 54.6 Å². The average molecular weight is 402 g/mol. The van der Waals surface area contributed by atoms with Crippen molar-refractivity contribution >= 4 is 5.97 Å². The smallest absolute Gasteiger partial charge is 0.307 e. The number of carboxylic acids is 1. The summed E-state index contributed by atoms with van der Waals surface area (Å²) < 4.78 is 6.23. The second kappa shape index (κ2) is 9.55. The van der Waals surface area contributed by atoms with Crippen LogP contribution in [-0.4, -0.2) is 34.0 Å². The van der Waals surface area contributed by atoms with E-state index in [0.29, 0.717) is 13.2 Å². The van der Waals surface area contributed by atoms with Crippen molar-refractivity contribution in [1.29, 1.82) is 0 Å². The van der Waals surface area contributed by atoms with Gasteiger partial charge in [-0.3, -0.25) is 14.7 Å². The summed E-state index contributed by atoms with van der Waals surface area (Å²) in [5, 5.41) is 9.58. The average Bonchev–Trinajstić information content (AvgIpc) is 2.80. The number of aliphatic carboxylic acids is 1. The summed E-state index contributed by atoms with van der Waals surface area (Å²) in [6.45, 7) is 1.84. The minimum atomic E-state index is -0.724. The van der Waals surface area contributed by atoms with E-state index in [1.165, 1.54) is 0 Å². The number of hydrogen-bond acceptors (Lipinski definition) is 4. The quantitative estimate of drug-likeness (QED) is 0.628. The van der Waals surface area contributed by atoms with E-state index in [1.54, 1.807) is 6.20 Å². The molecule has 0 amide bonds. The number of piperidine rings is 1. The highest BCUT2D eigenvalue weighted by Gasteiger charge is 2.32. The number of likely N-dealkylation sites (tertiary alicyclic amines) is 1. The Morgan fingerprint density at radius 3 is 2.67 bits per heavy atom. The minimum absolute atomic E-state index is 0.104. The topological polar surface area (TPSA) is 62.7 Å². The second-order valence-corrected chi connectivity index (χ2v) is 7.67. The molecule has 5 heteroatoms. The molecule has 154 valence electrons. The zero-order valence-corrected chi connectivity index (χ0v) is 16.9. The number of para-hydroxylation sites is 1. The minimum Gasteiger partial charge on any atom is -0.489 e. The van der Waals surface area contributed by atoms with E-state index >= 15 is 0 Å². The van der Waals surface area contributed by atoms with Crippen molar-refractivity contribution in [1.82, 2.24) is 9.88 Å². The lowest BCUT2D eigenvalue weighted by atomic mass is 9.91. The van der Waals surface area contributed by atoms with Crippen LogP contribution in [0.25, 0.3) is 0 Å². The molecule has 1 aliphatic rings. The molecule has 4 rings (SSSR count). The maximum Gasteiger partial charge on any atom is 0.307 e. The van der Waals surface area contributed by atoms with Crippen molar-refractivity contribution in [3.63, 3.8) is 0 Å². The molecule has 0 bridgehead atoms. The maximum absolute atomic E-state index is 11.7. The van der Waals surface area contributed by atoms with Crippen molar-refractivity contribution in [2.75, 3.05) is 13.1 Å². The number of benzene rings is 2. The van der Waals surface area contributed by atoms with E-state index in [1.807, 2.05) is 60.8 Å². The molecular weight excluding hydrogens is 376 g/mol. The fourth-order valence-electron chi connectivity index (χ4n) is 4.14. The van der Waals surface area contributed by atoms with Crippen LogP contribution in [0, 0.1) is 5.92 Å². The van der Waals surface area contributed by atoms with Gasteiger partial charge in [0.15, 0.2) is 0 Å². The van der Waals surface area contributed by atoms with Gasteiger partial charge in [0.05, 0.1) is 12.0 Å². The molecule has 1 fully saturated rings. The Balaban J connectivity index is 1.67. The van der Waals surface area contributed by atoms with Gasteiger partial charge in [-0.05, 0) is 42.6 Å². The highest BCUT2D eigenvalue weighted by molar-refractivity contribution is 5.70. The molecule has 2 heterocycles. The Morgan fingerprint density at radius 1 is 1.10 bits per heavy atom. The monoisotopic (exact) mass is 402 g/mol. The van der Waals surface area contributed by atoms with Gasteiger partial charge < -0.3 is 9.84 Å². The molecule has 2 aromatic carbocycles. The van der Waals surface area contributed by atoms with Gasteiger partial charge in [-0.15, -0.1) is 0 Å². The predicted molar refractivity (Wildman–Crippen MR) is 115 cm³/mol. The first-order chi connectivity index (χ1) is 14.7. The van der Waals surface area contributed by atoms with E-state index in [2.05, 4.69) is 22.0 Å². The summed E-state index contributed by atoms with van der Waals surface area (Å²) in [6, 6.07) is 22.0. The summed E-state index contributed by atoms with van der Waals surface area (Å²) in [6.07, 6.45) is 5.20. The molecule has 1 N–H and O–H groups in total. The van der Waals surface area contributed by atoms with Crippen LogP contribution in [0.1, 0.15) is 35.6 Å². The third kappa shape index (κ3) is 4.69. The van der Waals surface area contributed by atoms with Gasteiger partial charge in [0, 0.05) is 24.5 Å². The second-order valence-electron chi connectivity index (χ2n) is 7.67. The van der Waals surface area contributed by atoms with Crippen LogP contribution < -0.4 is 4.74 Å².